The third-order valence-corrected chi connectivity index (χ3v) is 6.99. The van der Waals surface area contributed by atoms with Crippen LogP contribution >= 0.6 is 11.3 Å². The Kier molecular flexibility index (Phi) is 5.54. The van der Waals surface area contributed by atoms with E-state index in [0.717, 1.165) is 41.8 Å². The first-order valence-corrected chi connectivity index (χ1v) is 11.2. The van der Waals surface area contributed by atoms with Gasteiger partial charge in [0.15, 0.2) is 0 Å². The number of hydrogen-bond donors (Lipinski definition) is 0. The van der Waals surface area contributed by atoms with Crippen LogP contribution in [0.2, 0.25) is 0 Å². The Morgan fingerprint density at radius 3 is 2.83 bits per heavy atom. The largest absolute Gasteiger partial charge is 0.338 e. The number of thiophene rings is 1. The van der Waals surface area contributed by atoms with Crippen LogP contribution in [0.1, 0.15) is 43.7 Å². The third-order valence-electron chi connectivity index (χ3n) is 6.10. The van der Waals surface area contributed by atoms with Crippen molar-refractivity contribution in [3.8, 4) is 11.1 Å². The second-order valence-corrected chi connectivity index (χ2v) is 8.81. The van der Waals surface area contributed by atoms with Crippen molar-refractivity contribution in [2.75, 3.05) is 6.54 Å². The molecule has 0 spiro atoms. The predicted molar refractivity (Wildman–Crippen MR) is 118 cm³/mol. The lowest BCUT2D eigenvalue weighted by Gasteiger charge is -2.35. The molecule has 1 saturated heterocycles. The highest BCUT2D eigenvalue weighted by Crippen LogP contribution is 2.31. The molecule has 5 nitrogen and oxygen atoms in total. The van der Waals surface area contributed by atoms with Crippen LogP contribution < -0.4 is 5.56 Å². The number of aryl methyl sites for hydroxylation is 2. The van der Waals surface area contributed by atoms with Crippen molar-refractivity contribution in [2.45, 2.75) is 59.0 Å². The zero-order chi connectivity index (χ0) is 20.5. The number of amides is 1. The zero-order valence-electron chi connectivity index (χ0n) is 17.3. The Morgan fingerprint density at radius 1 is 1.24 bits per heavy atom. The van der Waals surface area contributed by atoms with Crippen molar-refractivity contribution in [1.82, 2.24) is 14.5 Å². The normalized spacial score (nSPS) is 17.1. The molecule has 0 N–H and O–H groups in total. The molecule has 0 radical (unpaired) electrons. The van der Waals surface area contributed by atoms with E-state index in [1.807, 2.05) is 16.3 Å². The highest BCUT2D eigenvalue weighted by atomic mass is 32.1. The number of fused-ring (bicyclic) bond motifs is 1. The van der Waals surface area contributed by atoms with Gasteiger partial charge in [-0.2, -0.15) is 0 Å². The maximum absolute atomic E-state index is 13.3. The first-order chi connectivity index (χ1) is 14.0. The molecule has 4 rings (SSSR count). The minimum absolute atomic E-state index is 0.0164. The summed E-state index contributed by atoms with van der Waals surface area (Å²) in [7, 11) is 0. The highest BCUT2D eigenvalue weighted by Gasteiger charge is 2.26. The molecule has 0 aliphatic carbocycles. The van der Waals surface area contributed by atoms with E-state index < -0.39 is 0 Å². The van der Waals surface area contributed by atoms with Crippen LogP contribution in [-0.4, -0.2) is 32.9 Å². The van der Waals surface area contributed by atoms with Crippen LogP contribution in [0.5, 0.6) is 0 Å². The smallest absolute Gasteiger partial charge is 0.263 e. The molecule has 1 aliphatic heterocycles. The molecule has 0 bridgehead atoms. The molecule has 1 aromatic carbocycles. The van der Waals surface area contributed by atoms with Crippen molar-refractivity contribution in [2.24, 2.45) is 0 Å². The first kappa shape index (κ1) is 19.8. The van der Waals surface area contributed by atoms with Gasteiger partial charge in [0.2, 0.25) is 5.91 Å². The van der Waals surface area contributed by atoms with E-state index in [9.17, 15) is 9.59 Å². The van der Waals surface area contributed by atoms with E-state index in [1.165, 1.54) is 39.8 Å². The Bertz CT molecular complexity index is 1110. The number of likely N-dealkylation sites (tertiary alicyclic amines) is 1. The summed E-state index contributed by atoms with van der Waals surface area (Å²) in [5.74, 6) is 0.0164. The summed E-state index contributed by atoms with van der Waals surface area (Å²) in [6.45, 7) is 7.12. The summed E-state index contributed by atoms with van der Waals surface area (Å²) in [4.78, 5) is 33.4. The molecule has 29 heavy (non-hydrogen) atoms. The van der Waals surface area contributed by atoms with E-state index in [0.29, 0.717) is 5.39 Å². The minimum Gasteiger partial charge on any atom is -0.338 e. The van der Waals surface area contributed by atoms with E-state index in [4.69, 9.17) is 0 Å². The van der Waals surface area contributed by atoms with Gasteiger partial charge in [-0.25, -0.2) is 4.98 Å². The SMILES string of the molecule is CC[C@H]1CCCCN1C(=O)Cn1cnc2scc(-c3ccc(C)c(C)c3)c2c1=O. The molecule has 1 fully saturated rings. The van der Waals surface area contributed by atoms with Gasteiger partial charge in [-0.3, -0.25) is 14.2 Å². The summed E-state index contributed by atoms with van der Waals surface area (Å²) in [5, 5.41) is 2.60. The number of rotatable bonds is 4. The zero-order valence-corrected chi connectivity index (χ0v) is 18.1. The van der Waals surface area contributed by atoms with E-state index in [1.54, 1.807) is 0 Å². The number of hydrogen-bond acceptors (Lipinski definition) is 4. The van der Waals surface area contributed by atoms with Crippen molar-refractivity contribution in [1.29, 1.82) is 0 Å². The molecule has 1 amide bonds. The van der Waals surface area contributed by atoms with Crippen molar-refractivity contribution < 1.29 is 4.79 Å². The van der Waals surface area contributed by atoms with Crippen LogP contribution in [0.15, 0.2) is 34.7 Å². The van der Waals surface area contributed by atoms with E-state index >= 15 is 0 Å². The summed E-state index contributed by atoms with van der Waals surface area (Å²) in [5.41, 5.74) is 4.20. The van der Waals surface area contributed by atoms with Crippen LogP contribution in [0.4, 0.5) is 0 Å². The molecular formula is C23H27N3O2S. The minimum atomic E-state index is -0.136. The molecule has 0 unspecified atom stereocenters. The summed E-state index contributed by atoms with van der Waals surface area (Å²) >= 11 is 1.47. The molecule has 2 aromatic heterocycles. The molecule has 0 saturated carbocycles. The topological polar surface area (TPSA) is 55.2 Å². The van der Waals surface area contributed by atoms with Crippen molar-refractivity contribution in [3.63, 3.8) is 0 Å². The van der Waals surface area contributed by atoms with Crippen LogP contribution in [0.3, 0.4) is 0 Å². The molecule has 1 atom stereocenters. The van der Waals surface area contributed by atoms with Gasteiger partial charge in [0, 0.05) is 23.5 Å². The van der Waals surface area contributed by atoms with E-state index in [-0.39, 0.29) is 24.1 Å². The highest BCUT2D eigenvalue weighted by molar-refractivity contribution is 7.17. The van der Waals surface area contributed by atoms with Gasteiger partial charge in [-0.05, 0) is 56.2 Å². The number of carbonyl (C=O) groups is 1. The lowest BCUT2D eigenvalue weighted by molar-refractivity contribution is -0.135. The lowest BCUT2D eigenvalue weighted by Crippen LogP contribution is -2.45. The van der Waals surface area contributed by atoms with Gasteiger partial charge in [-0.1, -0.05) is 25.1 Å². The number of nitrogens with zero attached hydrogens (tertiary/aromatic N) is 3. The van der Waals surface area contributed by atoms with Gasteiger partial charge in [0.05, 0.1) is 11.7 Å². The second-order valence-electron chi connectivity index (χ2n) is 7.95. The molecule has 1 aliphatic rings. The predicted octanol–water partition coefficient (Wildman–Crippen LogP) is 4.53. The Hall–Kier alpha value is -2.47. The van der Waals surface area contributed by atoms with Crippen LogP contribution in [0.25, 0.3) is 21.3 Å². The molecule has 3 heterocycles. The average Bonchev–Trinajstić information content (AvgIpc) is 3.17. The lowest BCUT2D eigenvalue weighted by atomic mass is 10.00. The summed E-state index contributed by atoms with van der Waals surface area (Å²) in [6, 6.07) is 6.52. The number of aromatic nitrogens is 2. The standard InChI is InChI=1S/C23H27N3O2S/c1-4-18-7-5-6-10-26(18)20(27)12-25-14-24-22-21(23(25)28)19(13-29-22)17-9-8-15(2)16(3)11-17/h8-9,11,13-14,18H,4-7,10,12H2,1-3H3/t18-/m0/s1. The Labute approximate surface area is 175 Å². The van der Waals surface area contributed by atoms with Gasteiger partial charge in [0.25, 0.3) is 5.56 Å². The number of carbonyl (C=O) groups excluding carboxylic acids is 1. The Balaban J connectivity index is 1.69. The number of benzene rings is 1. The van der Waals surface area contributed by atoms with Crippen molar-refractivity contribution in [3.05, 3.63) is 51.4 Å². The van der Waals surface area contributed by atoms with Crippen LogP contribution in [0, 0.1) is 13.8 Å². The number of piperidine rings is 1. The van der Waals surface area contributed by atoms with E-state index in [2.05, 4.69) is 37.9 Å². The molecule has 6 heteroatoms. The third kappa shape index (κ3) is 3.73. The maximum atomic E-state index is 13.3. The van der Waals surface area contributed by atoms with Crippen LogP contribution in [-0.2, 0) is 11.3 Å². The fraction of sp³-hybridized carbons (Fsp3) is 0.435. The fourth-order valence-corrected chi connectivity index (χ4v) is 5.10. The van der Waals surface area contributed by atoms with Gasteiger partial charge >= 0.3 is 0 Å². The summed E-state index contributed by atoms with van der Waals surface area (Å²) in [6.07, 6.45) is 5.74. The average molecular weight is 410 g/mol. The monoisotopic (exact) mass is 409 g/mol. The molecule has 3 aromatic rings. The maximum Gasteiger partial charge on any atom is 0.263 e. The summed E-state index contributed by atoms with van der Waals surface area (Å²) < 4.78 is 1.48. The van der Waals surface area contributed by atoms with Gasteiger partial charge in [0.1, 0.15) is 11.4 Å². The van der Waals surface area contributed by atoms with Gasteiger partial charge < -0.3 is 4.90 Å². The van der Waals surface area contributed by atoms with Gasteiger partial charge in [-0.15, -0.1) is 11.3 Å². The molecule has 152 valence electrons. The quantitative estimate of drug-likeness (QED) is 0.636. The second kappa shape index (κ2) is 8.11. The Morgan fingerprint density at radius 2 is 2.07 bits per heavy atom. The van der Waals surface area contributed by atoms with Crippen molar-refractivity contribution >= 4 is 27.5 Å². The fourth-order valence-electron chi connectivity index (χ4n) is 4.19. The molecular weight excluding hydrogens is 382 g/mol. The first-order valence-electron chi connectivity index (χ1n) is 10.3.